The number of Topliss-reactive ketones (excluding diaryl/α,β-unsaturated/α-hetero) is 1. The third-order valence-electron chi connectivity index (χ3n) is 4.38. The molecule has 6 heteroatoms. The first-order valence-corrected chi connectivity index (χ1v) is 8.50. The molecule has 2 N–H and O–H groups in total. The summed E-state index contributed by atoms with van der Waals surface area (Å²) < 4.78 is 0. The van der Waals surface area contributed by atoms with Crippen molar-refractivity contribution in [1.82, 2.24) is 0 Å². The summed E-state index contributed by atoms with van der Waals surface area (Å²) in [5, 5.41) is 5.89. The van der Waals surface area contributed by atoms with Crippen molar-refractivity contribution >= 4 is 34.7 Å². The van der Waals surface area contributed by atoms with Crippen LogP contribution in [-0.2, 0) is 16.0 Å². The van der Waals surface area contributed by atoms with Crippen molar-refractivity contribution < 1.29 is 14.4 Å². The van der Waals surface area contributed by atoms with E-state index in [1.54, 1.807) is 42.2 Å². The van der Waals surface area contributed by atoms with Crippen molar-refractivity contribution in [3.8, 4) is 0 Å². The zero-order valence-electron chi connectivity index (χ0n) is 14.8. The van der Waals surface area contributed by atoms with Crippen LogP contribution < -0.4 is 15.5 Å². The number of hydrogen-bond acceptors (Lipinski definition) is 4. The lowest BCUT2D eigenvalue weighted by atomic mass is 10.1. The number of nitrogens with one attached hydrogen (secondary N) is 2. The summed E-state index contributed by atoms with van der Waals surface area (Å²) in [5.41, 5.74) is 4.10. The summed E-state index contributed by atoms with van der Waals surface area (Å²) in [7, 11) is 0. The topological polar surface area (TPSA) is 78.5 Å². The van der Waals surface area contributed by atoms with Gasteiger partial charge in [0.05, 0.1) is 6.54 Å². The minimum absolute atomic E-state index is 0.00856. The van der Waals surface area contributed by atoms with E-state index in [2.05, 4.69) is 10.6 Å². The number of amides is 2. The summed E-state index contributed by atoms with van der Waals surface area (Å²) in [6, 6.07) is 12.6. The van der Waals surface area contributed by atoms with Crippen molar-refractivity contribution in [3.05, 3.63) is 53.6 Å². The van der Waals surface area contributed by atoms with E-state index < -0.39 is 0 Å². The largest absolute Gasteiger partial charge is 0.376 e. The van der Waals surface area contributed by atoms with Crippen LogP contribution in [0.5, 0.6) is 0 Å². The highest BCUT2D eigenvalue weighted by Gasteiger charge is 2.22. The maximum absolute atomic E-state index is 12.1. The Bertz CT molecular complexity index is 859. The van der Waals surface area contributed by atoms with Crippen molar-refractivity contribution in [2.24, 2.45) is 0 Å². The van der Waals surface area contributed by atoms with E-state index in [0.717, 1.165) is 23.4 Å². The molecule has 2 aromatic carbocycles. The molecular formula is C20H21N3O3. The van der Waals surface area contributed by atoms with Crippen LogP contribution in [0.3, 0.4) is 0 Å². The predicted octanol–water partition coefficient (Wildman–Crippen LogP) is 2.85. The van der Waals surface area contributed by atoms with Gasteiger partial charge in [-0.1, -0.05) is 0 Å². The molecule has 1 aliphatic heterocycles. The van der Waals surface area contributed by atoms with Crippen LogP contribution in [0.2, 0.25) is 0 Å². The maximum atomic E-state index is 12.1. The van der Waals surface area contributed by atoms with Gasteiger partial charge in [-0.25, -0.2) is 0 Å². The van der Waals surface area contributed by atoms with E-state index in [0.29, 0.717) is 17.8 Å². The second-order valence-electron chi connectivity index (χ2n) is 6.30. The van der Waals surface area contributed by atoms with Crippen molar-refractivity contribution in [2.45, 2.75) is 20.3 Å². The second kappa shape index (κ2) is 7.39. The Morgan fingerprint density at radius 2 is 1.69 bits per heavy atom. The van der Waals surface area contributed by atoms with Gasteiger partial charge in [0.25, 0.3) is 0 Å². The molecule has 0 bridgehead atoms. The molecule has 0 fully saturated rings. The summed E-state index contributed by atoms with van der Waals surface area (Å²) in [4.78, 5) is 36.7. The molecule has 3 rings (SSSR count). The normalized spacial score (nSPS) is 12.5. The number of nitrogens with zero attached hydrogens (tertiary/aromatic N) is 1. The highest BCUT2D eigenvalue weighted by Crippen LogP contribution is 2.30. The highest BCUT2D eigenvalue weighted by molar-refractivity contribution is 5.97. The minimum atomic E-state index is -0.165. The molecule has 1 aliphatic rings. The monoisotopic (exact) mass is 351 g/mol. The van der Waals surface area contributed by atoms with Crippen LogP contribution in [0.4, 0.5) is 17.1 Å². The molecule has 1 heterocycles. The average molecular weight is 351 g/mol. The van der Waals surface area contributed by atoms with E-state index in [1.807, 2.05) is 12.1 Å². The van der Waals surface area contributed by atoms with Crippen molar-refractivity contribution in [3.63, 3.8) is 0 Å². The van der Waals surface area contributed by atoms with Gasteiger partial charge in [0, 0.05) is 36.1 Å². The second-order valence-corrected chi connectivity index (χ2v) is 6.30. The molecule has 2 amide bonds. The number of carbonyl (C=O) groups is 3. The smallest absolute Gasteiger partial charge is 0.243 e. The van der Waals surface area contributed by atoms with Crippen LogP contribution in [-0.4, -0.2) is 30.7 Å². The predicted molar refractivity (Wildman–Crippen MR) is 102 cm³/mol. The SMILES string of the molecule is CC(=O)c1ccc(NCC(=O)Nc2ccc3c(c2)CCN3C(C)=O)cc1. The number of carbonyl (C=O) groups excluding carboxylic acids is 3. The average Bonchev–Trinajstić information content (AvgIpc) is 3.03. The third-order valence-corrected chi connectivity index (χ3v) is 4.38. The Labute approximate surface area is 152 Å². The van der Waals surface area contributed by atoms with Crippen LogP contribution >= 0.6 is 0 Å². The molecule has 0 aliphatic carbocycles. The molecule has 26 heavy (non-hydrogen) atoms. The maximum Gasteiger partial charge on any atom is 0.243 e. The lowest BCUT2D eigenvalue weighted by molar-refractivity contribution is -0.116. The fourth-order valence-electron chi connectivity index (χ4n) is 3.02. The molecule has 0 spiro atoms. The summed E-state index contributed by atoms with van der Waals surface area (Å²) >= 11 is 0. The standard InChI is InChI=1S/C20H21N3O3/c1-13(24)15-3-5-17(6-4-15)21-12-20(26)22-18-7-8-19-16(11-18)9-10-23(19)14(2)25/h3-8,11,21H,9-10,12H2,1-2H3,(H,22,26). The molecule has 0 saturated carbocycles. The number of fused-ring (bicyclic) bond motifs is 1. The number of anilines is 3. The van der Waals surface area contributed by atoms with E-state index in [1.165, 1.54) is 6.92 Å². The molecule has 134 valence electrons. The quantitative estimate of drug-likeness (QED) is 0.812. The number of benzene rings is 2. The molecule has 0 atom stereocenters. The van der Waals surface area contributed by atoms with E-state index in [9.17, 15) is 14.4 Å². The molecule has 2 aromatic rings. The minimum Gasteiger partial charge on any atom is -0.376 e. The van der Waals surface area contributed by atoms with Crippen LogP contribution in [0, 0.1) is 0 Å². The first kappa shape index (κ1) is 17.7. The fourth-order valence-corrected chi connectivity index (χ4v) is 3.02. The third kappa shape index (κ3) is 3.91. The zero-order valence-corrected chi connectivity index (χ0v) is 14.8. The van der Waals surface area contributed by atoms with Crippen LogP contribution in [0.25, 0.3) is 0 Å². The summed E-state index contributed by atoms with van der Waals surface area (Å²) in [5.74, 6) is -0.128. The number of rotatable bonds is 5. The van der Waals surface area contributed by atoms with Gasteiger partial charge in [0.15, 0.2) is 5.78 Å². The Hall–Kier alpha value is -3.15. The van der Waals surface area contributed by atoms with Crippen LogP contribution in [0.1, 0.15) is 29.8 Å². The lowest BCUT2D eigenvalue weighted by Crippen LogP contribution is -2.25. The Morgan fingerprint density at radius 3 is 2.35 bits per heavy atom. The molecule has 6 nitrogen and oxygen atoms in total. The Kier molecular flexibility index (Phi) is 5.02. The van der Waals surface area contributed by atoms with Gasteiger partial charge < -0.3 is 15.5 Å². The lowest BCUT2D eigenvalue weighted by Gasteiger charge is -2.15. The molecule has 0 radical (unpaired) electrons. The van der Waals surface area contributed by atoms with Crippen molar-refractivity contribution in [2.75, 3.05) is 28.6 Å². The molecule has 0 aromatic heterocycles. The van der Waals surface area contributed by atoms with Gasteiger partial charge in [-0.05, 0) is 61.4 Å². The number of hydrogen-bond donors (Lipinski definition) is 2. The van der Waals surface area contributed by atoms with Gasteiger partial charge in [-0.3, -0.25) is 14.4 Å². The van der Waals surface area contributed by atoms with Gasteiger partial charge >= 0.3 is 0 Å². The van der Waals surface area contributed by atoms with Gasteiger partial charge in [-0.15, -0.1) is 0 Å². The Balaban J connectivity index is 1.57. The van der Waals surface area contributed by atoms with Crippen LogP contribution in [0.15, 0.2) is 42.5 Å². The summed E-state index contributed by atoms with van der Waals surface area (Å²) in [6.07, 6.45) is 0.791. The zero-order chi connectivity index (χ0) is 18.7. The van der Waals surface area contributed by atoms with Gasteiger partial charge in [0.2, 0.25) is 11.8 Å². The first-order valence-electron chi connectivity index (χ1n) is 8.50. The summed E-state index contributed by atoms with van der Waals surface area (Å²) in [6.45, 7) is 3.87. The Morgan fingerprint density at radius 1 is 1.00 bits per heavy atom. The first-order chi connectivity index (χ1) is 12.4. The van der Waals surface area contributed by atoms with Gasteiger partial charge in [0.1, 0.15) is 0 Å². The molecule has 0 saturated heterocycles. The van der Waals surface area contributed by atoms with E-state index >= 15 is 0 Å². The number of ketones is 1. The van der Waals surface area contributed by atoms with E-state index in [-0.39, 0.29) is 24.1 Å². The van der Waals surface area contributed by atoms with Gasteiger partial charge in [-0.2, -0.15) is 0 Å². The van der Waals surface area contributed by atoms with E-state index in [4.69, 9.17) is 0 Å². The molecular weight excluding hydrogens is 330 g/mol. The van der Waals surface area contributed by atoms with Crippen molar-refractivity contribution in [1.29, 1.82) is 0 Å². The highest BCUT2D eigenvalue weighted by atomic mass is 16.2. The molecule has 0 unspecified atom stereocenters. The fraction of sp³-hybridized carbons (Fsp3) is 0.250.